The van der Waals surface area contributed by atoms with E-state index < -0.39 is 0 Å². The van der Waals surface area contributed by atoms with Crippen LogP contribution >= 0.6 is 11.6 Å². The Morgan fingerprint density at radius 2 is 2.03 bits per heavy atom. The van der Waals surface area contributed by atoms with Gasteiger partial charge in [0.15, 0.2) is 0 Å². The summed E-state index contributed by atoms with van der Waals surface area (Å²) in [5, 5.41) is 11.5. The van der Waals surface area contributed by atoms with Crippen molar-refractivity contribution in [3.63, 3.8) is 0 Å². The maximum Gasteiger partial charge on any atom is 0.332 e. The highest BCUT2D eigenvalue weighted by Crippen LogP contribution is 2.35. The van der Waals surface area contributed by atoms with E-state index in [4.69, 9.17) is 16.3 Å². The largest absolute Gasteiger partial charge is 0.381 e. The summed E-state index contributed by atoms with van der Waals surface area (Å²) < 4.78 is 5.47. The molecule has 1 aromatic rings. The molecule has 0 saturated carbocycles. The first-order valence-electron chi connectivity index (χ1n) is 13.2. The van der Waals surface area contributed by atoms with Gasteiger partial charge in [0.25, 0.3) is 0 Å². The van der Waals surface area contributed by atoms with Crippen molar-refractivity contribution in [1.29, 1.82) is 0 Å². The summed E-state index contributed by atoms with van der Waals surface area (Å²) >= 11 is 6.15. The van der Waals surface area contributed by atoms with Gasteiger partial charge in [-0.1, -0.05) is 23.7 Å². The van der Waals surface area contributed by atoms with Gasteiger partial charge in [0.05, 0.1) is 11.6 Å². The normalized spacial score (nSPS) is 28.8. The van der Waals surface area contributed by atoms with Gasteiger partial charge in [-0.05, 0) is 69.3 Å². The maximum atomic E-state index is 13.3. The predicted octanol–water partition coefficient (Wildman–Crippen LogP) is 2.11. The van der Waals surface area contributed by atoms with Gasteiger partial charge in [0, 0.05) is 56.2 Å². The number of urea groups is 1. The lowest BCUT2D eigenvalue weighted by molar-refractivity contribution is 0.0715. The number of piperidine rings is 1. The second-order valence-electron chi connectivity index (χ2n) is 10.9. The van der Waals surface area contributed by atoms with Crippen molar-refractivity contribution in [2.24, 2.45) is 0 Å². The fourth-order valence-electron chi connectivity index (χ4n) is 5.91. The Labute approximate surface area is 219 Å². The quantitative estimate of drug-likeness (QED) is 0.369. The predicted molar refractivity (Wildman–Crippen MR) is 141 cm³/mol. The molecular formula is C26H40ClN7O2. The number of likely N-dealkylation sites (tertiary alicyclic amines) is 2. The zero-order chi connectivity index (χ0) is 25.1. The Kier molecular flexibility index (Phi) is 8.05. The molecule has 0 aliphatic carbocycles. The number of hydrazine groups is 1. The Balaban J connectivity index is 1.12. The second kappa shape index (κ2) is 11.2. The molecule has 3 fully saturated rings. The molecule has 5 N–H and O–H groups in total. The maximum absolute atomic E-state index is 13.3. The van der Waals surface area contributed by atoms with Crippen molar-refractivity contribution in [3.05, 3.63) is 46.6 Å². The van der Waals surface area contributed by atoms with Crippen LogP contribution in [-0.2, 0) is 11.3 Å². The van der Waals surface area contributed by atoms with E-state index in [-0.39, 0.29) is 29.9 Å². The van der Waals surface area contributed by atoms with E-state index in [1.165, 1.54) is 11.1 Å². The topological polar surface area (TPSA) is 92.9 Å². The molecule has 4 aliphatic heterocycles. The third kappa shape index (κ3) is 5.98. The van der Waals surface area contributed by atoms with Crippen molar-refractivity contribution < 1.29 is 9.53 Å². The Morgan fingerprint density at radius 1 is 1.19 bits per heavy atom. The van der Waals surface area contributed by atoms with Gasteiger partial charge < -0.3 is 15.0 Å². The summed E-state index contributed by atoms with van der Waals surface area (Å²) in [6.45, 7) is 9.27. The molecule has 2 amide bonds. The first-order chi connectivity index (χ1) is 17.4. The van der Waals surface area contributed by atoms with E-state index >= 15 is 0 Å². The van der Waals surface area contributed by atoms with E-state index in [0.717, 1.165) is 63.6 Å². The van der Waals surface area contributed by atoms with Gasteiger partial charge in [0.1, 0.15) is 6.29 Å². The Bertz CT molecular complexity index is 952. The summed E-state index contributed by atoms with van der Waals surface area (Å²) in [4.78, 5) is 17.6. The third-order valence-corrected chi connectivity index (χ3v) is 8.18. The molecule has 4 aliphatic rings. The molecular weight excluding hydrogens is 478 g/mol. The average Bonchev–Trinajstić information content (AvgIpc) is 3.13. The lowest BCUT2D eigenvalue weighted by atomic mass is 9.92. The molecule has 0 spiro atoms. The second-order valence-corrected chi connectivity index (χ2v) is 11.4. The van der Waals surface area contributed by atoms with Gasteiger partial charge in [-0.2, -0.15) is 0 Å². The number of amides is 2. The molecule has 3 saturated heterocycles. The number of fused-ring (bicyclic) bond motifs is 1. The van der Waals surface area contributed by atoms with Crippen LogP contribution in [0.2, 0.25) is 5.02 Å². The minimum atomic E-state index is -0.384. The van der Waals surface area contributed by atoms with Gasteiger partial charge in [-0.25, -0.2) is 10.2 Å². The molecule has 0 radical (unpaired) electrons. The first-order valence-corrected chi connectivity index (χ1v) is 13.6. The molecule has 0 aromatic heterocycles. The number of carbonyl (C=O) groups is 1. The van der Waals surface area contributed by atoms with Crippen LogP contribution in [0.4, 0.5) is 4.79 Å². The number of rotatable bonds is 6. The van der Waals surface area contributed by atoms with Crippen molar-refractivity contribution >= 4 is 17.6 Å². The Hall–Kier alpha value is -1.88. The first kappa shape index (κ1) is 25.8. The van der Waals surface area contributed by atoms with Crippen LogP contribution in [0, 0.1) is 0 Å². The van der Waals surface area contributed by atoms with Gasteiger partial charge in [0.2, 0.25) is 0 Å². The number of benzene rings is 1. The van der Waals surface area contributed by atoms with Crippen molar-refractivity contribution in [2.75, 3.05) is 32.8 Å². The number of nitrogens with one attached hydrogen (secondary N) is 5. The highest BCUT2D eigenvalue weighted by Gasteiger charge is 2.47. The summed E-state index contributed by atoms with van der Waals surface area (Å²) in [5.74, 6) is 0. The van der Waals surface area contributed by atoms with Crippen LogP contribution in [0.25, 0.3) is 0 Å². The number of hydrogen-bond donors (Lipinski definition) is 5. The summed E-state index contributed by atoms with van der Waals surface area (Å²) in [6, 6.07) is 8.72. The molecule has 1 aromatic carbocycles. The van der Waals surface area contributed by atoms with E-state index in [0.29, 0.717) is 12.6 Å². The van der Waals surface area contributed by atoms with Crippen LogP contribution in [0.1, 0.15) is 45.1 Å². The smallest absolute Gasteiger partial charge is 0.332 e. The molecule has 4 heterocycles. The van der Waals surface area contributed by atoms with E-state index in [9.17, 15) is 4.79 Å². The van der Waals surface area contributed by atoms with E-state index in [1.54, 1.807) is 0 Å². The molecule has 198 valence electrons. The van der Waals surface area contributed by atoms with Crippen molar-refractivity contribution in [1.82, 2.24) is 36.6 Å². The van der Waals surface area contributed by atoms with Gasteiger partial charge in [-0.15, -0.1) is 0 Å². The lowest BCUT2D eigenvalue weighted by Crippen LogP contribution is -2.61. The zero-order valence-electron chi connectivity index (χ0n) is 21.4. The fraction of sp³-hybridized carbons (Fsp3) is 0.654. The van der Waals surface area contributed by atoms with Crippen LogP contribution in [-0.4, -0.2) is 78.6 Å². The third-order valence-electron chi connectivity index (χ3n) is 7.95. The molecule has 0 bridgehead atoms. The highest BCUT2D eigenvalue weighted by atomic mass is 35.5. The number of carbonyl (C=O) groups excluding carboxylic acids is 1. The molecule has 3 atom stereocenters. The Morgan fingerprint density at radius 3 is 2.83 bits per heavy atom. The molecule has 10 heteroatoms. The molecule has 9 nitrogen and oxygen atoms in total. The average molecular weight is 518 g/mol. The fourth-order valence-corrected chi connectivity index (χ4v) is 6.12. The van der Waals surface area contributed by atoms with Crippen LogP contribution < -0.4 is 26.8 Å². The summed E-state index contributed by atoms with van der Waals surface area (Å²) in [5.41, 5.74) is 8.37. The number of hydrogen-bond acceptors (Lipinski definition) is 7. The monoisotopic (exact) mass is 517 g/mol. The molecule has 36 heavy (non-hydrogen) atoms. The molecule has 2 unspecified atom stereocenters. The lowest BCUT2D eigenvalue weighted by Gasteiger charge is -2.37. The number of halogens is 1. The van der Waals surface area contributed by atoms with Crippen LogP contribution in [0.5, 0.6) is 0 Å². The van der Waals surface area contributed by atoms with Gasteiger partial charge in [-0.3, -0.25) is 21.0 Å². The van der Waals surface area contributed by atoms with Crippen molar-refractivity contribution in [3.8, 4) is 0 Å². The highest BCUT2D eigenvalue weighted by molar-refractivity contribution is 6.30. The summed E-state index contributed by atoms with van der Waals surface area (Å²) in [7, 11) is 0. The van der Waals surface area contributed by atoms with E-state index in [1.807, 2.05) is 23.1 Å². The van der Waals surface area contributed by atoms with Crippen LogP contribution in [0.3, 0.4) is 0 Å². The SMILES string of the molecule is CC1(C)C2=CNC(NC3CCOCC3)NC2CN1C(=O)NN[C@@H]1CCCN(Cc2cccc(Cl)c2)C1. The van der Waals surface area contributed by atoms with Crippen LogP contribution in [0.15, 0.2) is 36.0 Å². The minimum absolute atomic E-state index is 0.00787. The standard InChI is InChI=1S/C26H40ClN7O2/c1-26(2)22-14-28-24(29-20-8-11-36-12-9-20)30-23(22)17-34(26)25(35)32-31-21-7-4-10-33(16-21)15-18-5-3-6-19(27)13-18/h3,5-6,13-14,20-21,23-24,28-31H,4,7-12,15-17H2,1-2H3,(H,32,35)/t21-,23?,24?/m1/s1. The van der Waals surface area contributed by atoms with Gasteiger partial charge >= 0.3 is 6.03 Å². The van der Waals surface area contributed by atoms with E-state index in [2.05, 4.69) is 57.8 Å². The zero-order valence-corrected chi connectivity index (χ0v) is 22.1. The summed E-state index contributed by atoms with van der Waals surface area (Å²) in [6.07, 6.45) is 6.25. The number of nitrogens with zero attached hydrogens (tertiary/aromatic N) is 2. The molecule has 5 rings (SSSR count). The van der Waals surface area contributed by atoms with Crippen molar-refractivity contribution in [2.45, 2.75) is 76.0 Å². The minimum Gasteiger partial charge on any atom is -0.381 e. The number of ether oxygens (including phenoxy) is 1.